The van der Waals surface area contributed by atoms with E-state index in [2.05, 4.69) is 40.1 Å². The highest BCUT2D eigenvalue weighted by Crippen LogP contribution is 2.24. The number of hydrogen-bond acceptors (Lipinski definition) is 8. The maximum absolute atomic E-state index is 4.44. The first-order valence-electron chi connectivity index (χ1n) is 8.35. The largest absolute Gasteiger partial charge is 0.367 e. The molecule has 1 saturated heterocycles. The highest BCUT2D eigenvalue weighted by atomic mass is 15.2. The standard InChI is InChI=1S/C16H21N9/c1-24(2)13-7-12(17-8-18-13)23-11-3-5-25(6-4-11)16-14-15(20-9-19-14)21-10-22-16/h7-11H,3-6H2,1-2H3,(H,17,18,23)(H,19,20,21,22). The van der Waals surface area contributed by atoms with Gasteiger partial charge in [-0.3, -0.25) is 0 Å². The fraction of sp³-hybridized carbons (Fsp3) is 0.438. The van der Waals surface area contributed by atoms with Crippen molar-refractivity contribution in [3.8, 4) is 0 Å². The monoisotopic (exact) mass is 339 g/mol. The Balaban J connectivity index is 1.42. The number of nitrogens with one attached hydrogen (secondary N) is 2. The van der Waals surface area contributed by atoms with Gasteiger partial charge in [-0.2, -0.15) is 0 Å². The topological polar surface area (TPSA) is 98.8 Å². The second-order valence-corrected chi connectivity index (χ2v) is 6.36. The molecule has 2 N–H and O–H groups in total. The summed E-state index contributed by atoms with van der Waals surface area (Å²) in [6.07, 6.45) is 6.87. The molecule has 1 aliphatic rings. The molecular formula is C16H21N9. The Morgan fingerprint density at radius 2 is 1.88 bits per heavy atom. The fourth-order valence-corrected chi connectivity index (χ4v) is 3.11. The number of H-pyrrole nitrogens is 1. The second kappa shape index (κ2) is 6.50. The van der Waals surface area contributed by atoms with E-state index in [4.69, 9.17) is 0 Å². The molecule has 0 aromatic carbocycles. The summed E-state index contributed by atoms with van der Waals surface area (Å²) in [5, 5.41) is 3.52. The lowest BCUT2D eigenvalue weighted by atomic mass is 10.0. The van der Waals surface area contributed by atoms with Crippen LogP contribution in [0.3, 0.4) is 0 Å². The highest BCUT2D eigenvalue weighted by molar-refractivity contribution is 5.82. The van der Waals surface area contributed by atoms with E-state index < -0.39 is 0 Å². The van der Waals surface area contributed by atoms with Crippen molar-refractivity contribution in [2.75, 3.05) is 42.3 Å². The Bertz CT molecular complexity index is 851. The molecule has 3 aromatic heterocycles. The lowest BCUT2D eigenvalue weighted by Crippen LogP contribution is -2.39. The number of hydrogen-bond donors (Lipinski definition) is 2. The Labute approximate surface area is 145 Å². The molecule has 0 aliphatic carbocycles. The predicted molar refractivity (Wildman–Crippen MR) is 96.9 cm³/mol. The molecule has 4 rings (SSSR count). The first-order chi connectivity index (χ1) is 12.2. The molecule has 0 radical (unpaired) electrons. The zero-order chi connectivity index (χ0) is 17.2. The molecule has 0 unspecified atom stereocenters. The van der Waals surface area contributed by atoms with E-state index >= 15 is 0 Å². The van der Waals surface area contributed by atoms with Crippen molar-refractivity contribution in [2.45, 2.75) is 18.9 Å². The molecule has 1 aliphatic heterocycles. The van der Waals surface area contributed by atoms with E-state index in [1.54, 1.807) is 19.0 Å². The summed E-state index contributed by atoms with van der Waals surface area (Å²) in [5.74, 6) is 2.70. The number of aromatic amines is 1. The predicted octanol–water partition coefficient (Wildman–Crippen LogP) is 1.29. The maximum Gasteiger partial charge on any atom is 0.182 e. The van der Waals surface area contributed by atoms with Crippen molar-refractivity contribution in [1.29, 1.82) is 0 Å². The van der Waals surface area contributed by atoms with Gasteiger partial charge in [0.05, 0.1) is 6.33 Å². The summed E-state index contributed by atoms with van der Waals surface area (Å²) in [4.78, 5) is 28.8. The average molecular weight is 339 g/mol. The molecule has 9 heteroatoms. The van der Waals surface area contributed by atoms with Crippen molar-refractivity contribution in [3.05, 3.63) is 25.0 Å². The van der Waals surface area contributed by atoms with Crippen LogP contribution in [0, 0.1) is 0 Å². The molecular weight excluding hydrogens is 318 g/mol. The van der Waals surface area contributed by atoms with Crippen molar-refractivity contribution in [1.82, 2.24) is 29.9 Å². The number of anilines is 3. The Kier molecular flexibility index (Phi) is 4.04. The molecule has 0 amide bonds. The summed E-state index contributed by atoms with van der Waals surface area (Å²) < 4.78 is 0. The lowest BCUT2D eigenvalue weighted by molar-refractivity contribution is 0.523. The maximum atomic E-state index is 4.44. The summed E-state index contributed by atoms with van der Waals surface area (Å²) >= 11 is 0. The van der Waals surface area contributed by atoms with Crippen molar-refractivity contribution < 1.29 is 0 Å². The number of nitrogens with zero attached hydrogens (tertiary/aromatic N) is 7. The van der Waals surface area contributed by atoms with E-state index in [1.807, 2.05) is 25.1 Å². The van der Waals surface area contributed by atoms with Gasteiger partial charge >= 0.3 is 0 Å². The molecule has 130 valence electrons. The molecule has 0 saturated carbocycles. The fourth-order valence-electron chi connectivity index (χ4n) is 3.11. The molecule has 0 spiro atoms. The highest BCUT2D eigenvalue weighted by Gasteiger charge is 2.22. The van der Waals surface area contributed by atoms with Crippen molar-refractivity contribution in [2.24, 2.45) is 0 Å². The van der Waals surface area contributed by atoms with Crippen LogP contribution in [0.25, 0.3) is 11.2 Å². The van der Waals surface area contributed by atoms with Crippen LogP contribution < -0.4 is 15.1 Å². The first kappa shape index (κ1) is 15.6. The van der Waals surface area contributed by atoms with Crippen LogP contribution >= 0.6 is 0 Å². The van der Waals surface area contributed by atoms with E-state index in [0.29, 0.717) is 11.7 Å². The molecule has 3 aromatic rings. The van der Waals surface area contributed by atoms with Gasteiger partial charge < -0.3 is 20.1 Å². The van der Waals surface area contributed by atoms with E-state index in [1.165, 1.54) is 0 Å². The Morgan fingerprint density at radius 3 is 2.68 bits per heavy atom. The van der Waals surface area contributed by atoms with Gasteiger partial charge in [0, 0.05) is 39.3 Å². The van der Waals surface area contributed by atoms with Gasteiger partial charge in [-0.1, -0.05) is 0 Å². The number of rotatable bonds is 4. The van der Waals surface area contributed by atoms with Crippen LogP contribution in [0.4, 0.5) is 17.5 Å². The first-order valence-corrected chi connectivity index (χ1v) is 8.35. The molecule has 25 heavy (non-hydrogen) atoms. The van der Waals surface area contributed by atoms with E-state index in [0.717, 1.165) is 48.9 Å². The van der Waals surface area contributed by atoms with Crippen LogP contribution in [0.15, 0.2) is 25.0 Å². The third kappa shape index (κ3) is 3.17. The van der Waals surface area contributed by atoms with Gasteiger partial charge in [-0.15, -0.1) is 0 Å². The van der Waals surface area contributed by atoms with Gasteiger partial charge in [-0.25, -0.2) is 24.9 Å². The number of piperidine rings is 1. The normalized spacial score (nSPS) is 15.5. The smallest absolute Gasteiger partial charge is 0.182 e. The zero-order valence-electron chi connectivity index (χ0n) is 14.3. The molecule has 9 nitrogen and oxygen atoms in total. The third-order valence-corrected chi connectivity index (χ3v) is 4.46. The molecule has 0 atom stereocenters. The van der Waals surface area contributed by atoms with Gasteiger partial charge in [0.1, 0.15) is 29.8 Å². The Hall–Kier alpha value is -2.97. The summed E-state index contributed by atoms with van der Waals surface area (Å²) in [6.45, 7) is 1.85. The molecule has 4 heterocycles. The van der Waals surface area contributed by atoms with E-state index in [-0.39, 0.29) is 0 Å². The number of imidazole rings is 1. The van der Waals surface area contributed by atoms with Crippen LogP contribution in [0.1, 0.15) is 12.8 Å². The van der Waals surface area contributed by atoms with Crippen LogP contribution in [-0.4, -0.2) is 63.1 Å². The van der Waals surface area contributed by atoms with Gasteiger partial charge in [0.2, 0.25) is 0 Å². The zero-order valence-corrected chi connectivity index (χ0v) is 14.3. The minimum Gasteiger partial charge on any atom is -0.367 e. The van der Waals surface area contributed by atoms with Gasteiger partial charge in [0.15, 0.2) is 11.5 Å². The van der Waals surface area contributed by atoms with Gasteiger partial charge in [-0.05, 0) is 12.8 Å². The summed E-state index contributed by atoms with van der Waals surface area (Å²) in [6, 6.07) is 2.37. The molecule has 0 bridgehead atoms. The van der Waals surface area contributed by atoms with E-state index in [9.17, 15) is 0 Å². The average Bonchev–Trinajstić information content (AvgIpc) is 3.11. The van der Waals surface area contributed by atoms with Crippen molar-refractivity contribution >= 4 is 28.6 Å². The van der Waals surface area contributed by atoms with Crippen LogP contribution in [-0.2, 0) is 0 Å². The lowest BCUT2D eigenvalue weighted by Gasteiger charge is -2.33. The quantitative estimate of drug-likeness (QED) is 0.734. The second-order valence-electron chi connectivity index (χ2n) is 6.36. The number of aromatic nitrogens is 6. The Morgan fingerprint density at radius 1 is 1.08 bits per heavy atom. The SMILES string of the molecule is CN(C)c1cc(NC2CCN(c3ncnc4nc[nH]c34)CC2)ncn1. The van der Waals surface area contributed by atoms with Crippen LogP contribution in [0.2, 0.25) is 0 Å². The summed E-state index contributed by atoms with van der Waals surface area (Å²) in [7, 11) is 3.95. The third-order valence-electron chi connectivity index (χ3n) is 4.46. The minimum atomic E-state index is 0.389. The van der Waals surface area contributed by atoms with Crippen molar-refractivity contribution in [3.63, 3.8) is 0 Å². The minimum absolute atomic E-state index is 0.389. The summed E-state index contributed by atoms with van der Waals surface area (Å²) in [5.41, 5.74) is 1.61. The van der Waals surface area contributed by atoms with Gasteiger partial charge in [0.25, 0.3) is 0 Å². The molecule has 1 fully saturated rings. The number of fused-ring (bicyclic) bond motifs is 1. The van der Waals surface area contributed by atoms with Crippen LogP contribution in [0.5, 0.6) is 0 Å².